The van der Waals surface area contributed by atoms with Crippen LogP contribution in [-0.4, -0.2) is 19.5 Å². The van der Waals surface area contributed by atoms with Gasteiger partial charge in [0.2, 0.25) is 0 Å². The fraction of sp³-hybridized carbons (Fsp3) is 0.833. The Labute approximate surface area is 86.3 Å². The highest BCUT2D eigenvalue weighted by atomic mass is 16.7. The highest BCUT2D eigenvalue weighted by Crippen LogP contribution is 2.33. The van der Waals surface area contributed by atoms with Crippen LogP contribution in [0.3, 0.4) is 0 Å². The summed E-state index contributed by atoms with van der Waals surface area (Å²) in [7, 11) is 0. The summed E-state index contributed by atoms with van der Waals surface area (Å²) >= 11 is 0. The van der Waals surface area contributed by atoms with Gasteiger partial charge in [0.1, 0.15) is 0 Å². The van der Waals surface area contributed by atoms with Crippen LogP contribution in [0, 0.1) is 11.8 Å². The van der Waals surface area contributed by atoms with Crippen molar-refractivity contribution in [2.45, 2.75) is 39.4 Å². The molecule has 2 rings (SSSR count). The lowest BCUT2D eigenvalue weighted by atomic mass is 9.81. The lowest BCUT2D eigenvalue weighted by molar-refractivity contribution is -0.0947. The molecule has 1 saturated heterocycles. The van der Waals surface area contributed by atoms with Crippen LogP contribution in [-0.2, 0) is 9.47 Å². The molecule has 0 spiro atoms. The molecule has 0 aromatic carbocycles. The Morgan fingerprint density at radius 3 is 2.64 bits per heavy atom. The normalized spacial score (nSPS) is 31.6. The molecule has 0 aromatic rings. The molecule has 1 fully saturated rings. The number of hydrogen-bond donors (Lipinski definition) is 0. The van der Waals surface area contributed by atoms with Gasteiger partial charge in [-0.3, -0.25) is 0 Å². The molecule has 1 heterocycles. The Kier molecular flexibility index (Phi) is 3.24. The molecule has 2 aliphatic rings. The Hall–Kier alpha value is -0.340. The summed E-state index contributed by atoms with van der Waals surface area (Å²) in [4.78, 5) is 0. The van der Waals surface area contributed by atoms with E-state index in [2.05, 4.69) is 19.9 Å². The summed E-state index contributed by atoms with van der Waals surface area (Å²) < 4.78 is 11.1. The number of allylic oxidation sites excluding steroid dienone is 2. The average Bonchev–Trinajstić information content (AvgIpc) is 2.71. The monoisotopic (exact) mass is 196 g/mol. The van der Waals surface area contributed by atoms with Crippen molar-refractivity contribution in [1.29, 1.82) is 0 Å². The van der Waals surface area contributed by atoms with Gasteiger partial charge in [0, 0.05) is 5.92 Å². The molecule has 1 aliphatic carbocycles. The van der Waals surface area contributed by atoms with Gasteiger partial charge in [-0.05, 0) is 32.1 Å². The summed E-state index contributed by atoms with van der Waals surface area (Å²) in [5.74, 6) is 1.30. The number of ether oxygens (including phenoxy) is 2. The first-order valence-electron chi connectivity index (χ1n) is 5.66. The molecular formula is C12H20O2. The quantitative estimate of drug-likeness (QED) is 0.632. The molecule has 0 saturated carbocycles. The molecule has 2 nitrogen and oxygen atoms in total. The van der Waals surface area contributed by atoms with Crippen LogP contribution in [0.1, 0.15) is 33.1 Å². The second-order valence-corrected chi connectivity index (χ2v) is 4.55. The second-order valence-electron chi connectivity index (χ2n) is 4.55. The number of rotatable bonds is 2. The van der Waals surface area contributed by atoms with Crippen LogP contribution in [0.2, 0.25) is 0 Å². The lowest BCUT2D eigenvalue weighted by Crippen LogP contribution is -2.27. The fourth-order valence-electron chi connectivity index (χ4n) is 2.37. The molecule has 2 unspecified atom stereocenters. The third-order valence-corrected chi connectivity index (χ3v) is 3.50. The molecule has 1 aliphatic heterocycles. The summed E-state index contributed by atoms with van der Waals surface area (Å²) in [5.41, 5.74) is 1.54. The van der Waals surface area contributed by atoms with Gasteiger partial charge in [0.05, 0.1) is 13.2 Å². The van der Waals surface area contributed by atoms with Crippen molar-refractivity contribution in [3.63, 3.8) is 0 Å². The highest BCUT2D eigenvalue weighted by molar-refractivity contribution is 5.03. The topological polar surface area (TPSA) is 18.5 Å². The van der Waals surface area contributed by atoms with Crippen LogP contribution in [0.25, 0.3) is 0 Å². The predicted molar refractivity (Wildman–Crippen MR) is 56.0 cm³/mol. The molecular weight excluding hydrogens is 176 g/mol. The molecule has 14 heavy (non-hydrogen) atoms. The first-order valence-corrected chi connectivity index (χ1v) is 5.66. The standard InChI is InChI=1S/C12H20O2/c1-9-3-5-11(6-4-9)10(2)12-13-7-8-14-12/h3,10-12H,4-8H2,1-2H3. The molecule has 2 heteroatoms. The minimum absolute atomic E-state index is 0.0619. The van der Waals surface area contributed by atoms with Gasteiger partial charge in [-0.15, -0.1) is 0 Å². The maximum atomic E-state index is 5.55. The maximum Gasteiger partial charge on any atom is 0.160 e. The van der Waals surface area contributed by atoms with Crippen LogP contribution >= 0.6 is 0 Å². The first kappa shape index (κ1) is 10.2. The third kappa shape index (κ3) is 2.18. The highest BCUT2D eigenvalue weighted by Gasteiger charge is 2.30. The minimum Gasteiger partial charge on any atom is -0.350 e. The first-order chi connectivity index (χ1) is 6.77. The molecule has 80 valence electrons. The van der Waals surface area contributed by atoms with Crippen molar-refractivity contribution in [3.05, 3.63) is 11.6 Å². The molecule has 0 N–H and O–H groups in total. The van der Waals surface area contributed by atoms with E-state index in [9.17, 15) is 0 Å². The zero-order valence-corrected chi connectivity index (χ0v) is 9.16. The van der Waals surface area contributed by atoms with Crippen LogP contribution in [0.5, 0.6) is 0 Å². The van der Waals surface area contributed by atoms with Crippen LogP contribution in [0.15, 0.2) is 11.6 Å². The lowest BCUT2D eigenvalue weighted by Gasteiger charge is -2.29. The number of hydrogen-bond acceptors (Lipinski definition) is 2. The largest absolute Gasteiger partial charge is 0.350 e. The van der Waals surface area contributed by atoms with Crippen LogP contribution < -0.4 is 0 Å². The van der Waals surface area contributed by atoms with Gasteiger partial charge in [-0.2, -0.15) is 0 Å². The van der Waals surface area contributed by atoms with E-state index in [1.54, 1.807) is 5.57 Å². The summed E-state index contributed by atoms with van der Waals surface area (Å²) in [6, 6.07) is 0. The van der Waals surface area contributed by atoms with E-state index in [-0.39, 0.29) is 6.29 Å². The van der Waals surface area contributed by atoms with Crippen molar-refractivity contribution in [1.82, 2.24) is 0 Å². The van der Waals surface area contributed by atoms with E-state index >= 15 is 0 Å². The molecule has 0 radical (unpaired) electrons. The van der Waals surface area contributed by atoms with Gasteiger partial charge in [-0.1, -0.05) is 18.6 Å². The van der Waals surface area contributed by atoms with Crippen molar-refractivity contribution in [3.8, 4) is 0 Å². The molecule has 0 amide bonds. The third-order valence-electron chi connectivity index (χ3n) is 3.50. The maximum absolute atomic E-state index is 5.55. The van der Waals surface area contributed by atoms with E-state index in [0.717, 1.165) is 19.1 Å². The van der Waals surface area contributed by atoms with Gasteiger partial charge in [-0.25, -0.2) is 0 Å². The van der Waals surface area contributed by atoms with E-state index < -0.39 is 0 Å². The van der Waals surface area contributed by atoms with E-state index in [0.29, 0.717) is 5.92 Å². The molecule has 2 atom stereocenters. The van der Waals surface area contributed by atoms with Gasteiger partial charge in [0.25, 0.3) is 0 Å². The van der Waals surface area contributed by atoms with E-state index in [1.807, 2.05) is 0 Å². The Morgan fingerprint density at radius 1 is 1.36 bits per heavy atom. The SMILES string of the molecule is CC1=CCC(C(C)C2OCCO2)CC1. The van der Waals surface area contributed by atoms with Gasteiger partial charge < -0.3 is 9.47 Å². The fourth-order valence-corrected chi connectivity index (χ4v) is 2.37. The Bertz CT molecular complexity index is 216. The Morgan fingerprint density at radius 2 is 2.07 bits per heavy atom. The second kappa shape index (κ2) is 4.45. The molecule has 0 aromatic heterocycles. The van der Waals surface area contributed by atoms with Gasteiger partial charge in [0.15, 0.2) is 6.29 Å². The summed E-state index contributed by atoms with van der Waals surface area (Å²) in [6.45, 7) is 6.03. The van der Waals surface area contributed by atoms with Crippen molar-refractivity contribution in [2.24, 2.45) is 11.8 Å². The smallest absolute Gasteiger partial charge is 0.160 e. The Balaban J connectivity index is 1.88. The minimum atomic E-state index is 0.0619. The zero-order valence-electron chi connectivity index (χ0n) is 9.16. The van der Waals surface area contributed by atoms with E-state index in [4.69, 9.17) is 9.47 Å². The summed E-state index contributed by atoms with van der Waals surface area (Å²) in [6.07, 6.45) is 6.19. The zero-order chi connectivity index (χ0) is 9.97. The van der Waals surface area contributed by atoms with Crippen molar-refractivity contribution < 1.29 is 9.47 Å². The van der Waals surface area contributed by atoms with Crippen molar-refractivity contribution >= 4 is 0 Å². The predicted octanol–water partition coefficient (Wildman–Crippen LogP) is 2.74. The summed E-state index contributed by atoms with van der Waals surface area (Å²) in [5, 5.41) is 0. The molecule has 0 bridgehead atoms. The van der Waals surface area contributed by atoms with Crippen molar-refractivity contribution in [2.75, 3.05) is 13.2 Å². The van der Waals surface area contributed by atoms with Gasteiger partial charge >= 0.3 is 0 Å². The van der Waals surface area contributed by atoms with Crippen LogP contribution in [0.4, 0.5) is 0 Å². The average molecular weight is 196 g/mol. The van der Waals surface area contributed by atoms with E-state index in [1.165, 1.54) is 19.3 Å².